The highest BCUT2D eigenvalue weighted by Crippen LogP contribution is 2.39. The van der Waals surface area contributed by atoms with Gasteiger partial charge >= 0.3 is 5.97 Å². The third-order valence-corrected chi connectivity index (χ3v) is 6.00. The lowest BCUT2D eigenvalue weighted by molar-refractivity contribution is 0.0526. The van der Waals surface area contributed by atoms with Gasteiger partial charge in [-0.1, -0.05) is 77.8 Å². The number of carbonyl (C=O) groups is 1. The Labute approximate surface area is 209 Å². The van der Waals surface area contributed by atoms with Crippen molar-refractivity contribution in [2.24, 2.45) is 4.99 Å². The Morgan fingerprint density at radius 2 is 1.56 bits per heavy atom. The van der Waals surface area contributed by atoms with Gasteiger partial charge in [-0.15, -0.1) is 0 Å². The van der Waals surface area contributed by atoms with Crippen LogP contribution in [0.1, 0.15) is 34.1 Å². The number of esters is 1. The minimum Gasteiger partial charge on any atom is -0.462 e. The number of rotatable bonds is 7. The lowest BCUT2D eigenvalue weighted by atomic mass is 10.1. The Bertz CT molecular complexity index is 1310. The molecule has 3 aromatic carbocycles. The summed E-state index contributed by atoms with van der Waals surface area (Å²) in [5.41, 5.74) is 5.56. The molecule has 1 aromatic heterocycles. The Hall–Kier alpha value is -3.34. The highest BCUT2D eigenvalue weighted by molar-refractivity contribution is 6.30. The van der Waals surface area contributed by atoms with Crippen molar-refractivity contribution in [3.05, 3.63) is 111 Å². The first-order chi connectivity index (χ1) is 16.5. The van der Waals surface area contributed by atoms with Crippen LogP contribution in [0.3, 0.4) is 0 Å². The molecule has 0 amide bonds. The van der Waals surface area contributed by atoms with Gasteiger partial charge in [0.15, 0.2) is 0 Å². The summed E-state index contributed by atoms with van der Waals surface area (Å²) in [7, 11) is 0. The molecule has 1 heterocycles. The fraction of sp³-hybridized carbons (Fsp3) is 0.143. The first kappa shape index (κ1) is 23.8. The minimum atomic E-state index is -0.393. The Morgan fingerprint density at radius 1 is 0.941 bits per heavy atom. The quantitative estimate of drug-likeness (QED) is 0.196. The standard InChI is InChI=1S/C28H24Cl2N2O2/c1-3-34-28(33)25-19(2)32(18-21-11-15-24(30)16-12-21)27(22-7-5-4-6-8-22)26(25)31-17-20-9-13-23(29)14-10-20/h4-17H,3,18H2,1-2H3. The second-order valence-electron chi connectivity index (χ2n) is 7.77. The molecule has 172 valence electrons. The Balaban J connectivity index is 1.92. The number of aromatic nitrogens is 1. The molecule has 0 bridgehead atoms. The van der Waals surface area contributed by atoms with Gasteiger partial charge in [0.2, 0.25) is 0 Å². The predicted octanol–water partition coefficient (Wildman–Crippen LogP) is 7.75. The molecule has 34 heavy (non-hydrogen) atoms. The third-order valence-electron chi connectivity index (χ3n) is 5.49. The van der Waals surface area contributed by atoms with Crippen LogP contribution in [0.2, 0.25) is 10.0 Å². The SMILES string of the molecule is CCOC(=O)c1c(N=Cc2ccc(Cl)cc2)c(-c2ccccc2)n(Cc2ccc(Cl)cc2)c1C. The van der Waals surface area contributed by atoms with E-state index in [9.17, 15) is 4.79 Å². The van der Waals surface area contributed by atoms with E-state index in [0.29, 0.717) is 27.8 Å². The van der Waals surface area contributed by atoms with Gasteiger partial charge in [-0.2, -0.15) is 0 Å². The Morgan fingerprint density at radius 3 is 2.18 bits per heavy atom. The lowest BCUT2D eigenvalue weighted by Crippen LogP contribution is -2.08. The van der Waals surface area contributed by atoms with E-state index in [4.69, 9.17) is 32.9 Å². The molecule has 0 unspecified atom stereocenters. The molecular weight excluding hydrogens is 467 g/mol. The second-order valence-corrected chi connectivity index (χ2v) is 8.64. The van der Waals surface area contributed by atoms with Crippen molar-refractivity contribution in [1.82, 2.24) is 4.57 Å². The third kappa shape index (κ3) is 5.24. The Kier molecular flexibility index (Phi) is 7.51. The van der Waals surface area contributed by atoms with Gasteiger partial charge in [0.1, 0.15) is 11.3 Å². The summed E-state index contributed by atoms with van der Waals surface area (Å²) in [6.07, 6.45) is 1.74. The van der Waals surface area contributed by atoms with Crippen molar-refractivity contribution >= 4 is 41.1 Å². The van der Waals surface area contributed by atoms with Crippen LogP contribution < -0.4 is 0 Å². The average Bonchev–Trinajstić information content (AvgIpc) is 3.12. The van der Waals surface area contributed by atoms with Gasteiger partial charge in [0, 0.05) is 34.1 Å². The summed E-state index contributed by atoms with van der Waals surface area (Å²) in [6.45, 7) is 4.56. The van der Waals surface area contributed by atoms with E-state index >= 15 is 0 Å². The van der Waals surface area contributed by atoms with Gasteiger partial charge in [0.25, 0.3) is 0 Å². The summed E-state index contributed by atoms with van der Waals surface area (Å²) in [5.74, 6) is -0.393. The van der Waals surface area contributed by atoms with Gasteiger partial charge in [-0.25, -0.2) is 4.79 Å². The normalized spacial score (nSPS) is 11.2. The maximum absolute atomic E-state index is 13.1. The van der Waals surface area contributed by atoms with E-state index in [-0.39, 0.29) is 6.61 Å². The predicted molar refractivity (Wildman–Crippen MR) is 140 cm³/mol. The van der Waals surface area contributed by atoms with E-state index in [2.05, 4.69) is 4.57 Å². The number of carbonyl (C=O) groups excluding carboxylic acids is 1. The number of hydrogen-bond donors (Lipinski definition) is 0. The van der Waals surface area contributed by atoms with Crippen molar-refractivity contribution in [1.29, 1.82) is 0 Å². The molecule has 4 aromatic rings. The fourth-order valence-electron chi connectivity index (χ4n) is 3.84. The zero-order valence-electron chi connectivity index (χ0n) is 19.0. The van der Waals surface area contributed by atoms with E-state index in [1.165, 1.54) is 0 Å². The molecule has 0 fully saturated rings. The minimum absolute atomic E-state index is 0.279. The maximum atomic E-state index is 13.1. The number of benzene rings is 3. The van der Waals surface area contributed by atoms with Crippen LogP contribution in [0.4, 0.5) is 5.69 Å². The largest absolute Gasteiger partial charge is 0.462 e. The van der Waals surface area contributed by atoms with Gasteiger partial charge in [0.05, 0.1) is 12.3 Å². The summed E-state index contributed by atoms with van der Waals surface area (Å²) < 4.78 is 7.54. The van der Waals surface area contributed by atoms with E-state index in [0.717, 1.165) is 28.1 Å². The molecule has 0 N–H and O–H groups in total. The molecule has 0 saturated carbocycles. The number of ether oxygens (including phenoxy) is 1. The molecule has 4 nitrogen and oxygen atoms in total. The number of halogens is 2. The van der Waals surface area contributed by atoms with Gasteiger partial charge in [-0.05, 0) is 49.2 Å². The van der Waals surface area contributed by atoms with Crippen molar-refractivity contribution < 1.29 is 9.53 Å². The van der Waals surface area contributed by atoms with Crippen LogP contribution in [0.25, 0.3) is 11.3 Å². The molecule has 0 aliphatic carbocycles. The maximum Gasteiger partial charge on any atom is 0.342 e. The lowest BCUT2D eigenvalue weighted by Gasteiger charge is -2.13. The molecule has 6 heteroatoms. The fourth-order valence-corrected chi connectivity index (χ4v) is 4.09. The van der Waals surface area contributed by atoms with Gasteiger partial charge in [-0.3, -0.25) is 4.99 Å². The van der Waals surface area contributed by atoms with E-state index in [1.54, 1.807) is 13.1 Å². The molecule has 0 atom stereocenters. The van der Waals surface area contributed by atoms with Crippen LogP contribution in [0.15, 0.2) is 83.9 Å². The van der Waals surface area contributed by atoms with Gasteiger partial charge < -0.3 is 9.30 Å². The monoisotopic (exact) mass is 490 g/mol. The molecular formula is C28H24Cl2N2O2. The smallest absolute Gasteiger partial charge is 0.342 e. The summed E-state index contributed by atoms with van der Waals surface area (Å²) in [4.78, 5) is 17.9. The average molecular weight is 491 g/mol. The summed E-state index contributed by atoms with van der Waals surface area (Å²) >= 11 is 12.1. The van der Waals surface area contributed by atoms with E-state index in [1.807, 2.05) is 85.8 Å². The highest BCUT2D eigenvalue weighted by Gasteiger charge is 2.27. The molecule has 0 saturated heterocycles. The van der Waals surface area contributed by atoms with Crippen LogP contribution >= 0.6 is 23.2 Å². The molecule has 0 spiro atoms. The van der Waals surface area contributed by atoms with Crippen LogP contribution in [-0.2, 0) is 11.3 Å². The van der Waals surface area contributed by atoms with Crippen molar-refractivity contribution in [3.63, 3.8) is 0 Å². The van der Waals surface area contributed by atoms with E-state index < -0.39 is 5.97 Å². The topological polar surface area (TPSA) is 43.6 Å². The summed E-state index contributed by atoms with van der Waals surface area (Å²) in [5, 5.41) is 1.33. The molecule has 0 aliphatic heterocycles. The number of nitrogens with zero attached hydrogens (tertiary/aromatic N) is 2. The first-order valence-corrected chi connectivity index (χ1v) is 11.7. The zero-order valence-corrected chi connectivity index (χ0v) is 20.5. The second kappa shape index (κ2) is 10.7. The molecule has 0 radical (unpaired) electrons. The highest BCUT2D eigenvalue weighted by atomic mass is 35.5. The van der Waals surface area contributed by atoms with Crippen molar-refractivity contribution in [2.45, 2.75) is 20.4 Å². The molecule has 4 rings (SSSR count). The van der Waals surface area contributed by atoms with Crippen LogP contribution in [0, 0.1) is 6.92 Å². The van der Waals surface area contributed by atoms with Crippen LogP contribution in [0.5, 0.6) is 0 Å². The van der Waals surface area contributed by atoms with Crippen molar-refractivity contribution in [2.75, 3.05) is 6.61 Å². The first-order valence-electron chi connectivity index (χ1n) is 11.0. The van der Waals surface area contributed by atoms with Crippen molar-refractivity contribution in [3.8, 4) is 11.3 Å². The van der Waals surface area contributed by atoms with Crippen LogP contribution in [-0.4, -0.2) is 23.4 Å². The molecule has 0 aliphatic rings. The number of aliphatic imine (C=N–C) groups is 1. The zero-order chi connectivity index (χ0) is 24.1. The number of hydrogen-bond acceptors (Lipinski definition) is 3. The summed E-state index contributed by atoms with van der Waals surface area (Å²) in [6, 6.07) is 25.0.